The maximum Gasteiger partial charge on any atom is 0.309 e. The zero-order chi connectivity index (χ0) is 15.9. The van der Waals surface area contributed by atoms with Crippen LogP contribution in [0.4, 0.5) is 5.69 Å². The number of rotatable bonds is 5. The molecule has 0 aliphatic heterocycles. The Bertz CT molecular complexity index is 662. The fourth-order valence-corrected chi connectivity index (χ4v) is 2.13. The second-order valence-corrected chi connectivity index (χ2v) is 5.10. The highest BCUT2D eigenvalue weighted by atomic mass is 16.5. The second kappa shape index (κ2) is 7.41. The van der Waals surface area contributed by atoms with E-state index in [0.29, 0.717) is 12.1 Å². The maximum absolute atomic E-state index is 12.1. The predicted octanol–water partition coefficient (Wildman–Crippen LogP) is 2.89. The van der Waals surface area contributed by atoms with Crippen molar-refractivity contribution in [2.75, 3.05) is 12.4 Å². The van der Waals surface area contributed by atoms with Crippen LogP contribution in [0.1, 0.15) is 16.7 Å². The minimum atomic E-state index is -0.281. The van der Waals surface area contributed by atoms with Crippen molar-refractivity contribution in [2.24, 2.45) is 0 Å². The van der Waals surface area contributed by atoms with E-state index >= 15 is 0 Å². The molecule has 0 aromatic heterocycles. The minimum absolute atomic E-state index is 0.0602. The molecule has 2 aromatic rings. The van der Waals surface area contributed by atoms with Crippen molar-refractivity contribution in [3.05, 3.63) is 65.2 Å². The summed E-state index contributed by atoms with van der Waals surface area (Å²) in [6.45, 7) is 1.99. The molecule has 2 rings (SSSR count). The molecule has 0 atom stereocenters. The van der Waals surface area contributed by atoms with Gasteiger partial charge in [0.05, 0.1) is 20.0 Å². The van der Waals surface area contributed by atoms with Crippen molar-refractivity contribution in [3.63, 3.8) is 0 Å². The molecule has 0 fully saturated rings. The molecule has 0 aliphatic rings. The predicted molar refractivity (Wildman–Crippen MR) is 85.7 cm³/mol. The van der Waals surface area contributed by atoms with Gasteiger partial charge in [-0.05, 0) is 35.7 Å². The van der Waals surface area contributed by atoms with E-state index < -0.39 is 0 Å². The van der Waals surface area contributed by atoms with Crippen LogP contribution in [-0.2, 0) is 27.2 Å². The quantitative estimate of drug-likeness (QED) is 0.863. The number of hydrogen-bond donors (Lipinski definition) is 1. The van der Waals surface area contributed by atoms with Crippen LogP contribution in [-0.4, -0.2) is 19.0 Å². The van der Waals surface area contributed by atoms with Gasteiger partial charge in [-0.3, -0.25) is 9.59 Å². The van der Waals surface area contributed by atoms with Crippen molar-refractivity contribution in [2.45, 2.75) is 19.8 Å². The first-order valence-corrected chi connectivity index (χ1v) is 7.08. The van der Waals surface area contributed by atoms with Crippen LogP contribution in [0.15, 0.2) is 48.5 Å². The first-order chi connectivity index (χ1) is 10.6. The Labute approximate surface area is 130 Å². The van der Waals surface area contributed by atoms with E-state index in [2.05, 4.69) is 10.1 Å². The Morgan fingerprint density at radius 3 is 2.32 bits per heavy atom. The Morgan fingerprint density at radius 2 is 1.68 bits per heavy atom. The van der Waals surface area contributed by atoms with Gasteiger partial charge in [0.25, 0.3) is 0 Å². The monoisotopic (exact) mass is 297 g/mol. The van der Waals surface area contributed by atoms with Gasteiger partial charge in [0.2, 0.25) is 5.91 Å². The number of esters is 1. The van der Waals surface area contributed by atoms with Crippen molar-refractivity contribution < 1.29 is 14.3 Å². The molecular weight excluding hydrogens is 278 g/mol. The Balaban J connectivity index is 1.94. The average Bonchev–Trinajstić information content (AvgIpc) is 2.51. The lowest BCUT2D eigenvalue weighted by atomic mass is 10.1. The van der Waals surface area contributed by atoms with E-state index in [1.165, 1.54) is 7.11 Å². The number of carbonyl (C=O) groups is 2. The topological polar surface area (TPSA) is 55.4 Å². The molecule has 0 saturated carbocycles. The standard InChI is InChI=1S/C18H19NO3/c1-13-5-3-4-6-15(13)12-17(20)19-16-9-7-14(8-10-16)11-18(21)22-2/h3-10H,11-12H2,1-2H3,(H,19,20). The van der Waals surface area contributed by atoms with Crippen molar-refractivity contribution >= 4 is 17.6 Å². The fraction of sp³-hybridized carbons (Fsp3) is 0.222. The third-order valence-corrected chi connectivity index (χ3v) is 3.43. The number of benzene rings is 2. The van der Waals surface area contributed by atoms with Crippen molar-refractivity contribution in [1.29, 1.82) is 0 Å². The van der Waals surface area contributed by atoms with Gasteiger partial charge in [0, 0.05) is 5.69 Å². The molecule has 22 heavy (non-hydrogen) atoms. The van der Waals surface area contributed by atoms with Gasteiger partial charge in [0.1, 0.15) is 0 Å². The summed E-state index contributed by atoms with van der Waals surface area (Å²) < 4.78 is 4.62. The van der Waals surface area contributed by atoms with Gasteiger partial charge in [-0.1, -0.05) is 36.4 Å². The lowest BCUT2D eigenvalue weighted by molar-refractivity contribution is -0.139. The molecule has 0 aliphatic carbocycles. The van der Waals surface area contributed by atoms with Crippen molar-refractivity contribution in [3.8, 4) is 0 Å². The number of hydrogen-bond acceptors (Lipinski definition) is 3. The molecule has 4 nitrogen and oxygen atoms in total. The van der Waals surface area contributed by atoms with E-state index in [-0.39, 0.29) is 18.3 Å². The molecule has 1 amide bonds. The molecule has 4 heteroatoms. The molecule has 0 saturated heterocycles. The lowest BCUT2D eigenvalue weighted by Crippen LogP contribution is -2.15. The Kier molecular flexibility index (Phi) is 5.31. The van der Waals surface area contributed by atoms with Gasteiger partial charge in [-0.2, -0.15) is 0 Å². The van der Waals surface area contributed by atoms with Gasteiger partial charge < -0.3 is 10.1 Å². The van der Waals surface area contributed by atoms with Crippen molar-refractivity contribution in [1.82, 2.24) is 0 Å². The largest absolute Gasteiger partial charge is 0.469 e. The second-order valence-electron chi connectivity index (χ2n) is 5.10. The first-order valence-electron chi connectivity index (χ1n) is 7.08. The summed E-state index contributed by atoms with van der Waals surface area (Å²) in [5.74, 6) is -0.341. The number of anilines is 1. The summed E-state index contributed by atoms with van der Waals surface area (Å²) in [4.78, 5) is 23.2. The molecule has 114 valence electrons. The zero-order valence-corrected chi connectivity index (χ0v) is 12.8. The number of ether oxygens (including phenoxy) is 1. The third-order valence-electron chi connectivity index (χ3n) is 3.43. The molecule has 0 spiro atoms. The summed E-state index contributed by atoms with van der Waals surface area (Å²) in [5.41, 5.74) is 3.68. The average molecular weight is 297 g/mol. The van der Waals surface area contributed by atoms with Gasteiger partial charge in [0.15, 0.2) is 0 Å². The summed E-state index contributed by atoms with van der Waals surface area (Å²) >= 11 is 0. The van der Waals surface area contributed by atoms with E-state index in [9.17, 15) is 9.59 Å². The fourth-order valence-electron chi connectivity index (χ4n) is 2.13. The summed E-state index contributed by atoms with van der Waals surface area (Å²) in [6, 6.07) is 15.0. The molecule has 2 aromatic carbocycles. The SMILES string of the molecule is COC(=O)Cc1ccc(NC(=O)Cc2ccccc2C)cc1. The van der Waals surface area contributed by atoms with Crippen LogP contribution < -0.4 is 5.32 Å². The maximum atomic E-state index is 12.1. The number of nitrogens with one attached hydrogen (secondary N) is 1. The van der Waals surface area contributed by atoms with Gasteiger partial charge >= 0.3 is 5.97 Å². The van der Waals surface area contributed by atoms with Gasteiger partial charge in [-0.15, -0.1) is 0 Å². The Morgan fingerprint density at radius 1 is 1.00 bits per heavy atom. The zero-order valence-electron chi connectivity index (χ0n) is 12.8. The molecule has 0 radical (unpaired) electrons. The third kappa shape index (κ3) is 4.45. The summed E-state index contributed by atoms with van der Waals surface area (Å²) in [7, 11) is 1.36. The highest BCUT2D eigenvalue weighted by Crippen LogP contribution is 2.13. The van der Waals surface area contributed by atoms with Crippen LogP contribution in [0.3, 0.4) is 0 Å². The number of aryl methyl sites for hydroxylation is 1. The molecular formula is C18H19NO3. The van der Waals surface area contributed by atoms with Crippen LogP contribution in [0.5, 0.6) is 0 Å². The van der Waals surface area contributed by atoms with E-state index in [1.807, 2.05) is 31.2 Å². The molecule has 0 heterocycles. The molecule has 1 N–H and O–H groups in total. The Hall–Kier alpha value is -2.62. The normalized spacial score (nSPS) is 10.1. The number of amides is 1. The van der Waals surface area contributed by atoms with Gasteiger partial charge in [-0.25, -0.2) is 0 Å². The number of methoxy groups -OCH3 is 1. The highest BCUT2D eigenvalue weighted by molar-refractivity contribution is 5.92. The van der Waals surface area contributed by atoms with Crippen LogP contribution in [0, 0.1) is 6.92 Å². The minimum Gasteiger partial charge on any atom is -0.469 e. The van der Waals surface area contributed by atoms with E-state index in [4.69, 9.17) is 0 Å². The summed E-state index contributed by atoms with van der Waals surface area (Å²) in [6.07, 6.45) is 0.574. The van der Waals surface area contributed by atoms with Crippen LogP contribution in [0.25, 0.3) is 0 Å². The molecule has 0 bridgehead atoms. The molecule has 0 unspecified atom stereocenters. The highest BCUT2D eigenvalue weighted by Gasteiger charge is 2.07. The van der Waals surface area contributed by atoms with Crippen LogP contribution in [0.2, 0.25) is 0 Å². The van der Waals surface area contributed by atoms with E-state index in [0.717, 1.165) is 16.7 Å². The van der Waals surface area contributed by atoms with E-state index in [1.54, 1.807) is 24.3 Å². The number of carbonyl (C=O) groups excluding carboxylic acids is 2. The smallest absolute Gasteiger partial charge is 0.309 e. The first kappa shape index (κ1) is 15.8. The van der Waals surface area contributed by atoms with Crippen LogP contribution >= 0.6 is 0 Å². The lowest BCUT2D eigenvalue weighted by Gasteiger charge is -2.08. The summed E-state index contributed by atoms with van der Waals surface area (Å²) in [5, 5.41) is 2.86.